The first-order valence-corrected chi connectivity index (χ1v) is 13.1. The SMILES string of the molecule is CCn1c2ccccc2c2cc(CN3CCC(N4CCN(c5ccccc5)CC4)CC3)ccc21. The molecular weight excluding hydrogens is 416 g/mol. The van der Waals surface area contributed by atoms with Crippen LogP contribution < -0.4 is 4.90 Å². The minimum atomic E-state index is 0.749. The molecule has 176 valence electrons. The minimum Gasteiger partial charge on any atom is -0.369 e. The Labute approximate surface area is 203 Å². The summed E-state index contributed by atoms with van der Waals surface area (Å²) >= 11 is 0. The van der Waals surface area contributed by atoms with Crippen LogP contribution in [-0.2, 0) is 13.1 Å². The predicted octanol–water partition coefficient (Wildman–Crippen LogP) is 5.60. The van der Waals surface area contributed by atoms with E-state index >= 15 is 0 Å². The number of hydrogen-bond donors (Lipinski definition) is 0. The smallest absolute Gasteiger partial charge is 0.0491 e. The minimum absolute atomic E-state index is 0.749. The predicted molar refractivity (Wildman–Crippen MR) is 144 cm³/mol. The Kier molecular flexibility index (Phi) is 6.02. The lowest BCUT2D eigenvalue weighted by molar-refractivity contribution is 0.0998. The fraction of sp³-hybridized carbons (Fsp3) is 0.400. The third-order valence-corrected chi connectivity index (χ3v) is 8.07. The first-order chi connectivity index (χ1) is 16.8. The summed E-state index contributed by atoms with van der Waals surface area (Å²) in [6.45, 7) is 11.4. The van der Waals surface area contributed by atoms with Gasteiger partial charge in [-0.15, -0.1) is 0 Å². The summed E-state index contributed by atoms with van der Waals surface area (Å²) in [7, 11) is 0. The van der Waals surface area contributed by atoms with Crippen molar-refractivity contribution in [2.75, 3.05) is 44.2 Å². The normalized spacial score (nSPS) is 18.8. The Bertz CT molecular complexity index is 1250. The molecule has 0 unspecified atom stereocenters. The maximum atomic E-state index is 2.75. The highest BCUT2D eigenvalue weighted by Crippen LogP contribution is 2.30. The molecule has 0 amide bonds. The first kappa shape index (κ1) is 21.7. The van der Waals surface area contributed by atoms with Gasteiger partial charge in [-0.3, -0.25) is 9.80 Å². The second-order valence-corrected chi connectivity index (χ2v) is 9.98. The van der Waals surface area contributed by atoms with Crippen molar-refractivity contribution in [2.45, 2.75) is 38.9 Å². The van der Waals surface area contributed by atoms with Crippen molar-refractivity contribution in [1.29, 1.82) is 0 Å². The van der Waals surface area contributed by atoms with E-state index in [0.29, 0.717) is 0 Å². The molecule has 2 saturated heterocycles. The quantitative estimate of drug-likeness (QED) is 0.392. The van der Waals surface area contributed by atoms with E-state index in [1.807, 2.05) is 0 Å². The number of benzene rings is 3. The fourth-order valence-electron chi connectivity index (χ4n) is 6.22. The van der Waals surface area contributed by atoms with Gasteiger partial charge in [0.2, 0.25) is 0 Å². The Balaban J connectivity index is 1.07. The molecule has 0 aliphatic carbocycles. The molecule has 1 aromatic heterocycles. The van der Waals surface area contributed by atoms with Gasteiger partial charge in [0.15, 0.2) is 0 Å². The molecule has 0 N–H and O–H groups in total. The third-order valence-electron chi connectivity index (χ3n) is 8.07. The van der Waals surface area contributed by atoms with Gasteiger partial charge in [0.1, 0.15) is 0 Å². The maximum Gasteiger partial charge on any atom is 0.0491 e. The Hall–Kier alpha value is -2.82. The summed E-state index contributed by atoms with van der Waals surface area (Å²) < 4.78 is 2.44. The van der Waals surface area contributed by atoms with Crippen molar-refractivity contribution < 1.29 is 0 Å². The van der Waals surface area contributed by atoms with Crippen LogP contribution in [0.4, 0.5) is 5.69 Å². The number of piperidine rings is 1. The van der Waals surface area contributed by atoms with Crippen molar-refractivity contribution in [2.24, 2.45) is 0 Å². The highest BCUT2D eigenvalue weighted by Gasteiger charge is 2.27. The standard InChI is InChI=1S/C30H36N4/c1-2-34-29-11-7-6-10-27(29)28-22-24(12-13-30(28)34)23-31-16-14-26(15-17-31)33-20-18-32(19-21-33)25-8-4-3-5-9-25/h3-13,22,26H,2,14-21,23H2,1H3. The van der Waals surface area contributed by atoms with Crippen molar-refractivity contribution in [3.8, 4) is 0 Å². The van der Waals surface area contributed by atoms with E-state index in [-0.39, 0.29) is 0 Å². The molecule has 2 aliphatic rings. The highest BCUT2D eigenvalue weighted by molar-refractivity contribution is 6.08. The van der Waals surface area contributed by atoms with Crippen LogP contribution in [-0.4, -0.2) is 59.7 Å². The molecule has 3 heterocycles. The summed E-state index contributed by atoms with van der Waals surface area (Å²) in [5, 5.41) is 2.79. The molecule has 3 aromatic carbocycles. The lowest BCUT2D eigenvalue weighted by Gasteiger charge is -2.43. The monoisotopic (exact) mass is 452 g/mol. The Morgan fingerprint density at radius 1 is 0.706 bits per heavy atom. The molecule has 34 heavy (non-hydrogen) atoms. The average molecular weight is 453 g/mol. The molecule has 0 bridgehead atoms. The van der Waals surface area contributed by atoms with E-state index in [0.717, 1.165) is 32.2 Å². The van der Waals surface area contributed by atoms with Gasteiger partial charge in [-0.2, -0.15) is 0 Å². The first-order valence-electron chi connectivity index (χ1n) is 13.1. The van der Waals surface area contributed by atoms with Crippen LogP contribution in [0.2, 0.25) is 0 Å². The largest absolute Gasteiger partial charge is 0.369 e. The third kappa shape index (κ3) is 4.10. The molecule has 6 rings (SSSR count). The molecule has 2 aliphatic heterocycles. The molecule has 0 spiro atoms. The van der Waals surface area contributed by atoms with Gasteiger partial charge in [-0.05, 0) is 68.8 Å². The molecule has 4 aromatic rings. The van der Waals surface area contributed by atoms with Crippen LogP contribution >= 0.6 is 0 Å². The van der Waals surface area contributed by atoms with Crippen molar-refractivity contribution in [3.63, 3.8) is 0 Å². The zero-order valence-electron chi connectivity index (χ0n) is 20.4. The lowest BCUT2D eigenvalue weighted by Crippen LogP contribution is -2.53. The van der Waals surface area contributed by atoms with Gasteiger partial charge in [0.05, 0.1) is 0 Å². The molecular formula is C30H36N4. The Morgan fingerprint density at radius 3 is 2.18 bits per heavy atom. The van der Waals surface area contributed by atoms with Crippen LogP contribution in [0.1, 0.15) is 25.3 Å². The van der Waals surface area contributed by atoms with Gasteiger partial charge in [-0.1, -0.05) is 42.5 Å². The van der Waals surface area contributed by atoms with Crippen molar-refractivity contribution in [3.05, 3.63) is 78.4 Å². The molecule has 0 radical (unpaired) electrons. The lowest BCUT2D eigenvalue weighted by atomic mass is 10.0. The van der Waals surface area contributed by atoms with Gasteiger partial charge >= 0.3 is 0 Å². The molecule has 0 atom stereocenters. The van der Waals surface area contributed by atoms with E-state index in [4.69, 9.17) is 0 Å². The number of aryl methyl sites for hydroxylation is 1. The number of piperazine rings is 1. The van der Waals surface area contributed by atoms with Crippen molar-refractivity contribution >= 4 is 27.5 Å². The zero-order valence-corrected chi connectivity index (χ0v) is 20.4. The molecule has 4 nitrogen and oxygen atoms in total. The average Bonchev–Trinajstić information content (AvgIpc) is 3.23. The summed E-state index contributed by atoms with van der Waals surface area (Å²) in [6.07, 6.45) is 2.59. The summed E-state index contributed by atoms with van der Waals surface area (Å²) in [5.74, 6) is 0. The van der Waals surface area contributed by atoms with Crippen molar-refractivity contribution in [1.82, 2.24) is 14.4 Å². The summed E-state index contributed by atoms with van der Waals surface area (Å²) in [4.78, 5) is 7.95. The van der Waals surface area contributed by atoms with E-state index in [1.165, 1.54) is 72.1 Å². The number of rotatable bonds is 5. The molecule has 0 saturated carbocycles. The van der Waals surface area contributed by atoms with E-state index in [9.17, 15) is 0 Å². The van der Waals surface area contributed by atoms with Gasteiger partial charge in [0, 0.05) is 72.8 Å². The van der Waals surface area contributed by atoms with Crippen LogP contribution in [0.5, 0.6) is 0 Å². The summed E-state index contributed by atoms with van der Waals surface area (Å²) in [6, 6.07) is 27.6. The van der Waals surface area contributed by atoms with Crippen LogP contribution in [0.15, 0.2) is 72.8 Å². The van der Waals surface area contributed by atoms with Crippen LogP contribution in [0.3, 0.4) is 0 Å². The fourth-order valence-corrected chi connectivity index (χ4v) is 6.22. The summed E-state index contributed by atoms with van der Waals surface area (Å²) in [5.41, 5.74) is 5.53. The zero-order chi connectivity index (χ0) is 22.9. The number of aromatic nitrogens is 1. The number of hydrogen-bond acceptors (Lipinski definition) is 3. The van der Waals surface area contributed by atoms with Gasteiger partial charge < -0.3 is 9.47 Å². The number of nitrogens with zero attached hydrogens (tertiary/aromatic N) is 4. The van der Waals surface area contributed by atoms with Crippen LogP contribution in [0, 0.1) is 0 Å². The number of anilines is 1. The topological polar surface area (TPSA) is 14.7 Å². The Morgan fingerprint density at radius 2 is 1.41 bits per heavy atom. The number of para-hydroxylation sites is 2. The van der Waals surface area contributed by atoms with E-state index < -0.39 is 0 Å². The molecule has 2 fully saturated rings. The number of fused-ring (bicyclic) bond motifs is 3. The maximum absolute atomic E-state index is 2.75. The number of likely N-dealkylation sites (tertiary alicyclic amines) is 1. The van der Waals surface area contributed by atoms with E-state index in [2.05, 4.69) is 99.0 Å². The van der Waals surface area contributed by atoms with Crippen LogP contribution in [0.25, 0.3) is 21.8 Å². The van der Waals surface area contributed by atoms with E-state index in [1.54, 1.807) is 0 Å². The molecule has 4 heteroatoms. The van der Waals surface area contributed by atoms with Gasteiger partial charge in [0.25, 0.3) is 0 Å². The second-order valence-electron chi connectivity index (χ2n) is 9.98. The highest BCUT2D eigenvalue weighted by atomic mass is 15.3. The van der Waals surface area contributed by atoms with Gasteiger partial charge in [-0.25, -0.2) is 0 Å². The second kappa shape index (κ2) is 9.44.